The summed E-state index contributed by atoms with van der Waals surface area (Å²) in [5.74, 6) is 1.68. The molecule has 4 aromatic rings. The SMILES string of the molecule is CCCCSc1nc2c([nH]c3ccccc32)c(=O)n1-c1ccc(OC)cc1. The van der Waals surface area contributed by atoms with Crippen LogP contribution >= 0.6 is 11.8 Å². The first-order chi connectivity index (χ1) is 13.2. The molecular formula is C21H21N3O2S. The van der Waals surface area contributed by atoms with Crippen LogP contribution in [0.5, 0.6) is 5.75 Å². The molecule has 138 valence electrons. The van der Waals surface area contributed by atoms with Gasteiger partial charge in [0.2, 0.25) is 0 Å². The quantitative estimate of drug-likeness (QED) is 0.298. The lowest BCUT2D eigenvalue weighted by atomic mass is 10.2. The van der Waals surface area contributed by atoms with Crippen molar-refractivity contribution in [2.24, 2.45) is 0 Å². The lowest BCUT2D eigenvalue weighted by molar-refractivity contribution is 0.414. The monoisotopic (exact) mass is 379 g/mol. The van der Waals surface area contributed by atoms with Crippen LogP contribution in [0.25, 0.3) is 27.6 Å². The third-order valence-electron chi connectivity index (χ3n) is 4.55. The highest BCUT2D eigenvalue weighted by molar-refractivity contribution is 7.99. The van der Waals surface area contributed by atoms with Crippen molar-refractivity contribution in [3.8, 4) is 11.4 Å². The lowest BCUT2D eigenvalue weighted by Gasteiger charge is -2.12. The van der Waals surface area contributed by atoms with Gasteiger partial charge in [0.1, 0.15) is 16.8 Å². The third kappa shape index (κ3) is 3.21. The minimum Gasteiger partial charge on any atom is -0.497 e. The summed E-state index contributed by atoms with van der Waals surface area (Å²) in [6, 6.07) is 15.4. The first-order valence-electron chi connectivity index (χ1n) is 9.03. The number of hydrogen-bond donors (Lipinski definition) is 1. The second kappa shape index (κ2) is 7.48. The summed E-state index contributed by atoms with van der Waals surface area (Å²) in [6.07, 6.45) is 2.18. The fourth-order valence-corrected chi connectivity index (χ4v) is 4.19. The number of unbranched alkanes of at least 4 members (excludes halogenated alkanes) is 1. The average Bonchev–Trinajstić information content (AvgIpc) is 3.08. The fourth-order valence-electron chi connectivity index (χ4n) is 3.11. The predicted molar refractivity (Wildman–Crippen MR) is 111 cm³/mol. The maximum absolute atomic E-state index is 13.4. The summed E-state index contributed by atoms with van der Waals surface area (Å²) in [7, 11) is 1.63. The van der Waals surface area contributed by atoms with Crippen molar-refractivity contribution in [3.63, 3.8) is 0 Å². The molecule has 0 aliphatic rings. The molecule has 0 aliphatic carbocycles. The van der Waals surface area contributed by atoms with Crippen LogP contribution in [0.1, 0.15) is 19.8 Å². The van der Waals surface area contributed by atoms with Crippen LogP contribution < -0.4 is 10.3 Å². The molecule has 2 aromatic heterocycles. The van der Waals surface area contributed by atoms with Crippen LogP contribution in [-0.4, -0.2) is 27.4 Å². The minimum absolute atomic E-state index is 0.0830. The molecule has 0 saturated carbocycles. The lowest BCUT2D eigenvalue weighted by Crippen LogP contribution is -2.21. The summed E-state index contributed by atoms with van der Waals surface area (Å²) in [4.78, 5) is 21.5. The van der Waals surface area contributed by atoms with Crippen LogP contribution in [-0.2, 0) is 0 Å². The summed E-state index contributed by atoms with van der Waals surface area (Å²) >= 11 is 1.62. The Morgan fingerprint density at radius 2 is 1.93 bits per heavy atom. The first-order valence-corrected chi connectivity index (χ1v) is 10.0. The summed E-state index contributed by atoms with van der Waals surface area (Å²) in [5.41, 5.74) is 2.90. The molecule has 2 aromatic carbocycles. The highest BCUT2D eigenvalue weighted by atomic mass is 32.2. The number of para-hydroxylation sites is 1. The normalized spacial score (nSPS) is 11.3. The molecule has 0 bridgehead atoms. The Kier molecular flexibility index (Phi) is 4.90. The Hall–Kier alpha value is -2.73. The van der Waals surface area contributed by atoms with Gasteiger partial charge >= 0.3 is 0 Å². The number of nitrogens with one attached hydrogen (secondary N) is 1. The Labute approximate surface area is 161 Å². The van der Waals surface area contributed by atoms with E-state index in [-0.39, 0.29) is 5.56 Å². The van der Waals surface area contributed by atoms with Crippen molar-refractivity contribution >= 4 is 33.7 Å². The zero-order chi connectivity index (χ0) is 18.8. The van der Waals surface area contributed by atoms with Gasteiger partial charge in [-0.25, -0.2) is 4.98 Å². The van der Waals surface area contributed by atoms with Gasteiger partial charge in [0.05, 0.1) is 12.8 Å². The Morgan fingerprint density at radius 3 is 2.67 bits per heavy atom. The molecule has 6 heteroatoms. The Balaban J connectivity index is 1.95. The van der Waals surface area contributed by atoms with E-state index >= 15 is 0 Å². The second-order valence-corrected chi connectivity index (χ2v) is 7.39. The number of fused-ring (bicyclic) bond motifs is 3. The van der Waals surface area contributed by atoms with Crippen molar-refractivity contribution in [2.75, 3.05) is 12.9 Å². The number of ether oxygens (including phenoxy) is 1. The van der Waals surface area contributed by atoms with Gasteiger partial charge in [-0.15, -0.1) is 0 Å². The number of hydrogen-bond acceptors (Lipinski definition) is 4. The molecule has 27 heavy (non-hydrogen) atoms. The summed E-state index contributed by atoms with van der Waals surface area (Å²) < 4.78 is 6.93. The molecule has 2 heterocycles. The van der Waals surface area contributed by atoms with E-state index in [1.807, 2.05) is 48.5 Å². The van der Waals surface area contributed by atoms with Gasteiger partial charge in [0.15, 0.2) is 5.16 Å². The van der Waals surface area contributed by atoms with Crippen molar-refractivity contribution in [2.45, 2.75) is 24.9 Å². The Morgan fingerprint density at radius 1 is 1.15 bits per heavy atom. The van der Waals surface area contributed by atoms with Gasteiger partial charge in [-0.3, -0.25) is 9.36 Å². The smallest absolute Gasteiger partial charge is 0.283 e. The fraction of sp³-hybridized carbons (Fsp3) is 0.238. The maximum atomic E-state index is 13.4. The second-order valence-electron chi connectivity index (χ2n) is 6.33. The molecule has 0 atom stereocenters. The van der Waals surface area contributed by atoms with E-state index in [9.17, 15) is 4.79 Å². The maximum Gasteiger partial charge on any atom is 0.283 e. The van der Waals surface area contributed by atoms with Gasteiger partial charge < -0.3 is 9.72 Å². The molecule has 1 N–H and O–H groups in total. The zero-order valence-corrected chi connectivity index (χ0v) is 16.2. The van der Waals surface area contributed by atoms with Crippen molar-refractivity contribution in [1.82, 2.24) is 14.5 Å². The standard InChI is InChI=1S/C21H21N3O2S/c1-3-4-13-27-21-23-18-16-7-5-6-8-17(16)22-19(18)20(25)24(21)14-9-11-15(26-2)12-10-14/h5-12,22H,3-4,13H2,1-2H3. The number of H-pyrrole nitrogens is 1. The third-order valence-corrected chi connectivity index (χ3v) is 5.58. The van der Waals surface area contributed by atoms with Crippen LogP contribution in [0.15, 0.2) is 58.5 Å². The largest absolute Gasteiger partial charge is 0.497 e. The predicted octanol–water partition coefficient (Wildman–Crippen LogP) is 4.77. The molecular weight excluding hydrogens is 358 g/mol. The molecule has 4 rings (SSSR count). The van der Waals surface area contributed by atoms with Gasteiger partial charge in [0, 0.05) is 16.7 Å². The van der Waals surface area contributed by atoms with Crippen LogP contribution in [0.2, 0.25) is 0 Å². The van der Waals surface area contributed by atoms with Gasteiger partial charge in [-0.2, -0.15) is 0 Å². The van der Waals surface area contributed by atoms with Crippen molar-refractivity contribution in [1.29, 1.82) is 0 Å². The van der Waals surface area contributed by atoms with Crippen LogP contribution in [0.4, 0.5) is 0 Å². The number of benzene rings is 2. The van der Waals surface area contributed by atoms with Gasteiger partial charge in [-0.1, -0.05) is 43.3 Å². The highest BCUT2D eigenvalue weighted by Gasteiger charge is 2.17. The molecule has 0 saturated heterocycles. The average molecular weight is 379 g/mol. The topological polar surface area (TPSA) is 59.9 Å². The van der Waals surface area contributed by atoms with Gasteiger partial charge in [0.25, 0.3) is 5.56 Å². The number of aromatic nitrogens is 3. The van der Waals surface area contributed by atoms with Crippen molar-refractivity contribution < 1.29 is 4.74 Å². The molecule has 0 amide bonds. The van der Waals surface area contributed by atoms with Crippen LogP contribution in [0.3, 0.4) is 0 Å². The van der Waals surface area contributed by atoms with E-state index in [0.29, 0.717) is 5.52 Å². The number of methoxy groups -OCH3 is 1. The van der Waals surface area contributed by atoms with Crippen LogP contribution in [0, 0.1) is 0 Å². The summed E-state index contributed by atoms with van der Waals surface area (Å²) in [6.45, 7) is 2.16. The van der Waals surface area contributed by atoms with E-state index in [1.54, 1.807) is 23.4 Å². The van der Waals surface area contributed by atoms with E-state index in [2.05, 4.69) is 11.9 Å². The Bertz CT molecular complexity index is 1150. The highest BCUT2D eigenvalue weighted by Crippen LogP contribution is 2.27. The van der Waals surface area contributed by atoms with E-state index in [4.69, 9.17) is 9.72 Å². The molecule has 0 spiro atoms. The van der Waals surface area contributed by atoms with E-state index in [0.717, 1.165) is 51.6 Å². The first kappa shape index (κ1) is 17.7. The molecule has 0 aliphatic heterocycles. The van der Waals surface area contributed by atoms with E-state index in [1.165, 1.54) is 0 Å². The molecule has 0 fully saturated rings. The van der Waals surface area contributed by atoms with Crippen molar-refractivity contribution in [3.05, 3.63) is 58.9 Å². The van der Waals surface area contributed by atoms with E-state index < -0.39 is 0 Å². The number of aromatic amines is 1. The minimum atomic E-state index is -0.0830. The molecule has 5 nitrogen and oxygen atoms in total. The zero-order valence-electron chi connectivity index (χ0n) is 15.4. The molecule has 0 radical (unpaired) electrons. The van der Waals surface area contributed by atoms with Gasteiger partial charge in [-0.05, 0) is 36.8 Å². The summed E-state index contributed by atoms with van der Waals surface area (Å²) in [5, 5.41) is 1.69. The number of rotatable bonds is 6. The molecule has 0 unspecified atom stereocenters. The number of nitrogens with zero attached hydrogens (tertiary/aromatic N) is 2. The number of thioether (sulfide) groups is 1.